The van der Waals surface area contributed by atoms with E-state index in [2.05, 4.69) is 39.4 Å². The molecule has 1 aromatic heterocycles. The van der Waals surface area contributed by atoms with Crippen LogP contribution in [0.1, 0.15) is 24.8 Å². The summed E-state index contributed by atoms with van der Waals surface area (Å²) in [6.45, 7) is 1.17. The summed E-state index contributed by atoms with van der Waals surface area (Å²) in [5.41, 5.74) is 2.34. The van der Waals surface area contributed by atoms with Crippen LogP contribution in [0.25, 0.3) is 11.0 Å². The zero-order valence-corrected chi connectivity index (χ0v) is 11.3. The molecule has 1 aliphatic heterocycles. The fourth-order valence-electron chi connectivity index (χ4n) is 2.55. The molecule has 0 radical (unpaired) electrons. The Morgan fingerprint density at radius 1 is 1.35 bits per heavy atom. The lowest BCUT2D eigenvalue weighted by Crippen LogP contribution is -2.35. The van der Waals surface area contributed by atoms with Crippen LogP contribution in [0.5, 0.6) is 0 Å². The molecule has 1 N–H and O–H groups in total. The molecule has 3 rings (SSSR count). The number of nitrogens with one attached hydrogen (secondary N) is 1. The van der Waals surface area contributed by atoms with Crippen molar-refractivity contribution in [3.05, 3.63) is 34.5 Å². The van der Waals surface area contributed by atoms with Gasteiger partial charge >= 0.3 is 0 Å². The Hall–Kier alpha value is -0.800. The molecule has 1 atom stereocenters. The van der Waals surface area contributed by atoms with Gasteiger partial charge in [0.05, 0.1) is 4.47 Å². The number of halogens is 1. The van der Waals surface area contributed by atoms with Crippen molar-refractivity contribution in [2.75, 3.05) is 6.54 Å². The number of furan rings is 1. The average molecular weight is 294 g/mol. The number of piperidine rings is 1. The zero-order chi connectivity index (χ0) is 11.7. The lowest BCUT2D eigenvalue weighted by atomic mass is 9.97. The van der Waals surface area contributed by atoms with Crippen molar-refractivity contribution in [1.29, 1.82) is 0 Å². The van der Waals surface area contributed by atoms with E-state index in [4.69, 9.17) is 4.42 Å². The van der Waals surface area contributed by atoms with Crippen LogP contribution in [0.4, 0.5) is 0 Å². The van der Waals surface area contributed by atoms with Crippen LogP contribution >= 0.6 is 15.9 Å². The van der Waals surface area contributed by atoms with Crippen molar-refractivity contribution < 1.29 is 4.42 Å². The normalized spacial score (nSPS) is 20.9. The number of fused-ring (bicyclic) bond motifs is 1. The minimum absolute atomic E-state index is 0.645. The summed E-state index contributed by atoms with van der Waals surface area (Å²) in [7, 11) is 0. The molecule has 90 valence electrons. The highest BCUT2D eigenvalue weighted by Crippen LogP contribution is 2.27. The largest absolute Gasteiger partial charge is 0.463 e. The number of rotatable bonds is 2. The highest BCUT2D eigenvalue weighted by Gasteiger charge is 2.13. The van der Waals surface area contributed by atoms with Gasteiger partial charge in [-0.1, -0.05) is 12.5 Å². The molecule has 1 aromatic carbocycles. The molecule has 1 unspecified atom stereocenters. The third-order valence-corrected chi connectivity index (χ3v) is 4.10. The lowest BCUT2D eigenvalue weighted by Gasteiger charge is -2.23. The molecular formula is C14H16BrNO. The summed E-state index contributed by atoms with van der Waals surface area (Å²) in [5.74, 6) is 0. The minimum atomic E-state index is 0.645. The molecule has 0 saturated carbocycles. The summed E-state index contributed by atoms with van der Waals surface area (Å²) in [6, 6.07) is 7.12. The monoisotopic (exact) mass is 293 g/mol. The fourth-order valence-corrected chi connectivity index (χ4v) is 2.96. The third kappa shape index (κ3) is 2.40. The van der Waals surface area contributed by atoms with Gasteiger partial charge in [0.2, 0.25) is 0 Å². The van der Waals surface area contributed by atoms with Gasteiger partial charge in [0.15, 0.2) is 0 Å². The molecule has 1 fully saturated rings. The van der Waals surface area contributed by atoms with Gasteiger partial charge in [0.25, 0.3) is 0 Å². The molecule has 17 heavy (non-hydrogen) atoms. The Kier molecular flexibility index (Phi) is 3.21. The van der Waals surface area contributed by atoms with Crippen molar-refractivity contribution in [3.8, 4) is 0 Å². The lowest BCUT2D eigenvalue weighted by molar-refractivity contribution is 0.399. The van der Waals surface area contributed by atoms with Gasteiger partial charge in [0.1, 0.15) is 11.8 Å². The number of hydrogen-bond donors (Lipinski definition) is 1. The third-order valence-electron chi connectivity index (χ3n) is 3.49. The Labute approximate surface area is 110 Å². The number of hydrogen-bond acceptors (Lipinski definition) is 2. The zero-order valence-electron chi connectivity index (χ0n) is 9.71. The molecule has 2 nitrogen and oxygen atoms in total. The predicted octanol–water partition coefficient (Wildman–Crippen LogP) is 3.88. The summed E-state index contributed by atoms with van der Waals surface area (Å²) in [5, 5.41) is 4.77. The van der Waals surface area contributed by atoms with Crippen LogP contribution < -0.4 is 5.32 Å². The quantitative estimate of drug-likeness (QED) is 0.909. The summed E-state index contributed by atoms with van der Waals surface area (Å²) in [6.07, 6.45) is 6.85. The minimum Gasteiger partial charge on any atom is -0.463 e. The van der Waals surface area contributed by atoms with E-state index in [0.717, 1.165) is 16.5 Å². The smallest absolute Gasteiger partial charge is 0.135 e. The first kappa shape index (κ1) is 11.3. The van der Waals surface area contributed by atoms with Crippen LogP contribution in [0.2, 0.25) is 0 Å². The first-order valence-electron chi connectivity index (χ1n) is 6.22. The molecule has 2 aromatic rings. The van der Waals surface area contributed by atoms with Gasteiger partial charge < -0.3 is 9.73 Å². The molecule has 0 bridgehead atoms. The summed E-state index contributed by atoms with van der Waals surface area (Å²) < 4.78 is 6.48. The maximum absolute atomic E-state index is 5.43. The maximum atomic E-state index is 5.43. The van der Waals surface area contributed by atoms with Gasteiger partial charge in [0, 0.05) is 11.4 Å². The highest BCUT2D eigenvalue weighted by molar-refractivity contribution is 9.10. The van der Waals surface area contributed by atoms with E-state index in [-0.39, 0.29) is 0 Å². The van der Waals surface area contributed by atoms with Gasteiger partial charge in [-0.05, 0) is 59.4 Å². The van der Waals surface area contributed by atoms with Crippen LogP contribution in [0, 0.1) is 0 Å². The maximum Gasteiger partial charge on any atom is 0.135 e. The van der Waals surface area contributed by atoms with Crippen LogP contribution in [-0.2, 0) is 6.42 Å². The van der Waals surface area contributed by atoms with Gasteiger partial charge in [-0.2, -0.15) is 0 Å². The van der Waals surface area contributed by atoms with Gasteiger partial charge in [-0.3, -0.25) is 0 Å². The van der Waals surface area contributed by atoms with Crippen molar-refractivity contribution >= 4 is 26.9 Å². The van der Waals surface area contributed by atoms with E-state index in [1.165, 1.54) is 36.8 Å². The fraction of sp³-hybridized carbons (Fsp3) is 0.429. The molecule has 1 aliphatic rings. The summed E-state index contributed by atoms with van der Waals surface area (Å²) >= 11 is 3.52. The second kappa shape index (κ2) is 4.83. The van der Waals surface area contributed by atoms with Gasteiger partial charge in [-0.15, -0.1) is 0 Å². The van der Waals surface area contributed by atoms with Crippen molar-refractivity contribution in [2.45, 2.75) is 31.7 Å². The second-order valence-corrected chi connectivity index (χ2v) is 5.62. The Morgan fingerprint density at radius 3 is 3.12 bits per heavy atom. The van der Waals surface area contributed by atoms with E-state index in [1.807, 2.05) is 0 Å². The molecule has 0 amide bonds. The van der Waals surface area contributed by atoms with Crippen molar-refractivity contribution in [3.63, 3.8) is 0 Å². The second-order valence-electron chi connectivity index (χ2n) is 4.77. The van der Waals surface area contributed by atoms with Crippen molar-refractivity contribution in [1.82, 2.24) is 5.32 Å². The van der Waals surface area contributed by atoms with Crippen LogP contribution in [-0.4, -0.2) is 12.6 Å². The topological polar surface area (TPSA) is 25.2 Å². The predicted molar refractivity (Wildman–Crippen MR) is 73.3 cm³/mol. The van der Waals surface area contributed by atoms with Crippen LogP contribution in [0.3, 0.4) is 0 Å². The molecular weight excluding hydrogens is 278 g/mol. The standard InChI is InChI=1S/C14H16BrNO/c15-13-9-17-14-5-4-10(8-12(13)14)7-11-3-1-2-6-16-11/h4-5,8-9,11,16H,1-3,6-7H2. The van der Waals surface area contributed by atoms with E-state index < -0.39 is 0 Å². The van der Waals surface area contributed by atoms with E-state index in [1.54, 1.807) is 6.26 Å². The molecule has 3 heteroatoms. The van der Waals surface area contributed by atoms with E-state index in [9.17, 15) is 0 Å². The molecule has 1 saturated heterocycles. The highest BCUT2D eigenvalue weighted by atomic mass is 79.9. The Morgan fingerprint density at radius 2 is 2.29 bits per heavy atom. The molecule has 0 aliphatic carbocycles. The SMILES string of the molecule is Brc1coc2ccc(CC3CCCCN3)cc12. The van der Waals surface area contributed by atoms with Crippen molar-refractivity contribution in [2.24, 2.45) is 0 Å². The first-order valence-corrected chi connectivity index (χ1v) is 7.01. The molecule has 2 heterocycles. The average Bonchev–Trinajstić information content (AvgIpc) is 2.73. The molecule has 0 spiro atoms. The van der Waals surface area contributed by atoms with Crippen LogP contribution in [0.15, 0.2) is 33.4 Å². The number of benzene rings is 1. The van der Waals surface area contributed by atoms with E-state index in [0.29, 0.717) is 6.04 Å². The Bertz CT molecular complexity index is 514. The van der Waals surface area contributed by atoms with E-state index >= 15 is 0 Å². The summed E-state index contributed by atoms with van der Waals surface area (Å²) in [4.78, 5) is 0. The Balaban J connectivity index is 1.82. The van der Waals surface area contributed by atoms with Gasteiger partial charge in [-0.25, -0.2) is 0 Å². The first-order chi connectivity index (χ1) is 8.33.